The predicted octanol–water partition coefficient (Wildman–Crippen LogP) is 6.36. The fourth-order valence-electron chi connectivity index (χ4n) is 2.38. The number of benzene rings is 3. The Hall–Kier alpha value is -2.34. The van der Waals surface area contributed by atoms with E-state index in [-0.39, 0.29) is 17.4 Å². The zero-order valence-electron chi connectivity index (χ0n) is 14.4. The van der Waals surface area contributed by atoms with E-state index in [2.05, 4.69) is 5.32 Å². The molecule has 3 nitrogen and oxygen atoms in total. The van der Waals surface area contributed by atoms with Crippen LogP contribution in [0.4, 0.5) is 10.1 Å². The largest absolute Gasteiger partial charge is 0.322 e. The second-order valence-electron chi connectivity index (χ2n) is 5.82. The zero-order valence-corrected chi connectivity index (χ0v) is 16.7. The van der Waals surface area contributed by atoms with Gasteiger partial charge in [-0.2, -0.15) is 0 Å². The van der Waals surface area contributed by atoms with Crippen LogP contribution in [0, 0.1) is 5.82 Å². The molecule has 1 N–H and O–H groups in total. The summed E-state index contributed by atoms with van der Waals surface area (Å²) in [6.45, 7) is 0. The van der Waals surface area contributed by atoms with Crippen LogP contribution in [-0.2, 0) is 0 Å². The Morgan fingerprint density at radius 3 is 2.25 bits per heavy atom. The minimum atomic E-state index is -0.396. The van der Waals surface area contributed by atoms with Crippen molar-refractivity contribution in [2.45, 2.75) is 4.90 Å². The van der Waals surface area contributed by atoms with Gasteiger partial charge in [0.1, 0.15) is 5.82 Å². The third kappa shape index (κ3) is 5.35. The lowest BCUT2D eigenvalue weighted by Crippen LogP contribution is -2.11. The summed E-state index contributed by atoms with van der Waals surface area (Å²) in [5.41, 5.74) is 1.40. The van der Waals surface area contributed by atoms with Crippen LogP contribution in [-0.4, -0.2) is 17.4 Å². The molecule has 3 aromatic carbocycles. The van der Waals surface area contributed by atoms with Crippen LogP contribution >= 0.6 is 35.0 Å². The van der Waals surface area contributed by atoms with Crippen LogP contribution in [0.15, 0.2) is 71.6 Å². The lowest BCUT2D eigenvalue weighted by atomic mass is 10.1. The van der Waals surface area contributed by atoms with Crippen LogP contribution in [0.3, 0.4) is 0 Å². The first kappa shape index (κ1) is 20.4. The zero-order chi connectivity index (χ0) is 20.1. The van der Waals surface area contributed by atoms with E-state index in [4.69, 9.17) is 23.2 Å². The molecule has 28 heavy (non-hydrogen) atoms. The second kappa shape index (κ2) is 9.24. The molecule has 7 heteroatoms. The molecule has 0 spiro atoms. The Labute approximate surface area is 175 Å². The second-order valence-corrected chi connectivity index (χ2v) is 7.71. The molecular formula is C21H14Cl2FNO2S. The number of rotatable bonds is 6. The van der Waals surface area contributed by atoms with Gasteiger partial charge in [-0.1, -0.05) is 23.2 Å². The summed E-state index contributed by atoms with van der Waals surface area (Å²) in [6, 6.07) is 17.2. The highest BCUT2D eigenvalue weighted by molar-refractivity contribution is 8.00. The first-order chi connectivity index (χ1) is 13.4. The average Bonchev–Trinajstić information content (AvgIpc) is 2.67. The molecule has 0 aromatic heterocycles. The SMILES string of the molecule is O=C(Nc1ccc(SCC(=O)c2ccc(Cl)cc2Cl)cc1)c1ccc(F)cc1. The van der Waals surface area contributed by atoms with E-state index < -0.39 is 5.82 Å². The third-order valence-corrected chi connectivity index (χ3v) is 5.38. The standard InChI is InChI=1S/C21H14Cl2FNO2S/c22-14-3-10-18(19(23)11-14)20(26)12-28-17-8-6-16(7-9-17)25-21(27)13-1-4-15(24)5-2-13/h1-11H,12H2,(H,25,27). The number of ketones is 1. The fraction of sp³-hybridized carbons (Fsp3) is 0.0476. The number of anilines is 1. The highest BCUT2D eigenvalue weighted by atomic mass is 35.5. The lowest BCUT2D eigenvalue weighted by molar-refractivity contribution is 0.101. The molecule has 0 fully saturated rings. The molecule has 0 heterocycles. The Morgan fingerprint density at radius 2 is 1.61 bits per heavy atom. The quantitative estimate of drug-likeness (QED) is 0.363. The number of hydrogen-bond donors (Lipinski definition) is 1. The lowest BCUT2D eigenvalue weighted by Gasteiger charge is -2.07. The molecule has 0 saturated carbocycles. The molecule has 142 valence electrons. The Balaban J connectivity index is 1.57. The summed E-state index contributed by atoms with van der Waals surface area (Å²) in [7, 11) is 0. The van der Waals surface area contributed by atoms with Gasteiger partial charge >= 0.3 is 0 Å². The first-order valence-corrected chi connectivity index (χ1v) is 9.94. The molecule has 0 saturated heterocycles. The topological polar surface area (TPSA) is 46.2 Å². The van der Waals surface area contributed by atoms with Gasteiger partial charge in [-0.15, -0.1) is 11.8 Å². The van der Waals surface area contributed by atoms with Gasteiger partial charge < -0.3 is 5.32 Å². The highest BCUT2D eigenvalue weighted by Gasteiger charge is 2.12. The molecule has 0 unspecified atom stereocenters. The van der Waals surface area contributed by atoms with Gasteiger partial charge in [0.15, 0.2) is 5.78 Å². The summed E-state index contributed by atoms with van der Waals surface area (Å²) in [5.74, 6) is -0.594. The van der Waals surface area contributed by atoms with Crippen molar-refractivity contribution in [2.24, 2.45) is 0 Å². The molecule has 3 rings (SSSR count). The van der Waals surface area contributed by atoms with Crippen LogP contribution in [0.5, 0.6) is 0 Å². The van der Waals surface area contributed by atoms with E-state index in [1.807, 2.05) is 12.1 Å². The summed E-state index contributed by atoms with van der Waals surface area (Å²) in [6.07, 6.45) is 0. The number of halogens is 3. The predicted molar refractivity (Wildman–Crippen MR) is 112 cm³/mol. The van der Waals surface area contributed by atoms with Gasteiger partial charge in [0.05, 0.1) is 10.8 Å². The van der Waals surface area contributed by atoms with Crippen molar-refractivity contribution in [3.63, 3.8) is 0 Å². The monoisotopic (exact) mass is 433 g/mol. The maximum atomic E-state index is 12.9. The smallest absolute Gasteiger partial charge is 0.255 e. The van der Waals surface area contributed by atoms with Crippen molar-refractivity contribution < 1.29 is 14.0 Å². The van der Waals surface area contributed by atoms with E-state index >= 15 is 0 Å². The fourth-order valence-corrected chi connectivity index (χ4v) is 3.68. The number of Topliss-reactive ketones (excluding diaryl/α,β-unsaturated/α-hetero) is 1. The molecular weight excluding hydrogens is 420 g/mol. The molecule has 0 atom stereocenters. The van der Waals surface area contributed by atoms with Crippen molar-refractivity contribution in [2.75, 3.05) is 11.1 Å². The number of hydrogen-bond acceptors (Lipinski definition) is 3. The van der Waals surface area contributed by atoms with Gasteiger partial charge in [-0.25, -0.2) is 4.39 Å². The van der Waals surface area contributed by atoms with Crippen molar-refractivity contribution in [1.82, 2.24) is 0 Å². The van der Waals surface area contributed by atoms with Gasteiger partial charge in [-0.05, 0) is 66.7 Å². The van der Waals surface area contributed by atoms with Crippen LogP contribution in [0.1, 0.15) is 20.7 Å². The maximum Gasteiger partial charge on any atom is 0.255 e. The van der Waals surface area contributed by atoms with Crippen LogP contribution in [0.2, 0.25) is 10.0 Å². The Morgan fingerprint density at radius 1 is 0.929 bits per heavy atom. The molecule has 0 radical (unpaired) electrons. The maximum absolute atomic E-state index is 12.9. The van der Waals surface area contributed by atoms with Gasteiger partial charge in [0.2, 0.25) is 0 Å². The summed E-state index contributed by atoms with van der Waals surface area (Å²) in [5, 5.41) is 3.55. The van der Waals surface area contributed by atoms with Gasteiger partial charge in [-0.3, -0.25) is 9.59 Å². The van der Waals surface area contributed by atoms with Crippen molar-refractivity contribution in [1.29, 1.82) is 0 Å². The van der Waals surface area contributed by atoms with Crippen LogP contribution in [0.25, 0.3) is 0 Å². The molecule has 0 aliphatic rings. The van der Waals surface area contributed by atoms with Gasteiger partial charge in [0.25, 0.3) is 5.91 Å². The van der Waals surface area contributed by atoms with E-state index in [9.17, 15) is 14.0 Å². The minimum absolute atomic E-state index is 0.0969. The number of carbonyl (C=O) groups is 2. The number of thioether (sulfide) groups is 1. The average molecular weight is 434 g/mol. The summed E-state index contributed by atoms with van der Waals surface area (Å²) >= 11 is 13.3. The highest BCUT2D eigenvalue weighted by Crippen LogP contribution is 2.25. The number of nitrogens with one attached hydrogen (secondary N) is 1. The molecule has 0 aliphatic heterocycles. The van der Waals surface area contributed by atoms with Crippen molar-refractivity contribution in [3.8, 4) is 0 Å². The Bertz CT molecular complexity index is 1010. The third-order valence-electron chi connectivity index (χ3n) is 3.82. The Kier molecular flexibility index (Phi) is 6.73. The number of amides is 1. The minimum Gasteiger partial charge on any atom is -0.322 e. The molecule has 1 amide bonds. The molecule has 0 bridgehead atoms. The summed E-state index contributed by atoms with van der Waals surface area (Å²) < 4.78 is 12.9. The first-order valence-electron chi connectivity index (χ1n) is 8.20. The van der Waals surface area contributed by atoms with E-state index in [0.29, 0.717) is 26.9 Å². The van der Waals surface area contributed by atoms with Crippen molar-refractivity contribution in [3.05, 3.63) is 93.7 Å². The molecule has 3 aromatic rings. The molecule has 0 aliphatic carbocycles. The van der Waals surface area contributed by atoms with Crippen molar-refractivity contribution >= 4 is 52.3 Å². The van der Waals surface area contributed by atoms with E-state index in [0.717, 1.165) is 4.90 Å². The van der Waals surface area contributed by atoms with Gasteiger partial charge in [0, 0.05) is 26.7 Å². The normalized spacial score (nSPS) is 10.5. The number of carbonyl (C=O) groups excluding carboxylic acids is 2. The summed E-state index contributed by atoms with van der Waals surface area (Å²) in [4.78, 5) is 25.3. The van der Waals surface area contributed by atoms with E-state index in [1.54, 1.807) is 30.3 Å². The van der Waals surface area contributed by atoms with E-state index in [1.165, 1.54) is 36.0 Å². The van der Waals surface area contributed by atoms with Crippen LogP contribution < -0.4 is 5.32 Å².